The van der Waals surface area contributed by atoms with E-state index < -0.39 is 0 Å². The van der Waals surface area contributed by atoms with Crippen molar-refractivity contribution in [2.45, 2.75) is 38.9 Å². The molecular formula is C29H33NO2. The fourth-order valence-corrected chi connectivity index (χ4v) is 3.19. The number of hydrogen-bond acceptors (Lipinski definition) is 3. The summed E-state index contributed by atoms with van der Waals surface area (Å²) in [6.07, 6.45) is 15.4. The molecule has 0 amide bonds. The second kappa shape index (κ2) is 14.1. The van der Waals surface area contributed by atoms with Crippen molar-refractivity contribution in [3.8, 4) is 0 Å². The summed E-state index contributed by atoms with van der Waals surface area (Å²) in [5.41, 5.74) is 4.56. The van der Waals surface area contributed by atoms with E-state index >= 15 is 0 Å². The minimum Gasteiger partial charge on any atom is -0.378 e. The van der Waals surface area contributed by atoms with Crippen LogP contribution in [-0.2, 0) is 16.1 Å². The third-order valence-electron chi connectivity index (χ3n) is 5.07. The first-order valence-electron chi connectivity index (χ1n) is 11.4. The predicted octanol–water partition coefficient (Wildman–Crippen LogP) is 7.06. The van der Waals surface area contributed by atoms with Gasteiger partial charge in [0.1, 0.15) is 0 Å². The molecular weight excluding hydrogens is 394 g/mol. The lowest BCUT2D eigenvalue weighted by molar-refractivity contribution is -0.000243. The maximum absolute atomic E-state index is 6.14. The van der Waals surface area contributed by atoms with Crippen molar-refractivity contribution in [1.82, 2.24) is 4.98 Å². The van der Waals surface area contributed by atoms with Gasteiger partial charge in [-0.2, -0.15) is 0 Å². The molecule has 1 heterocycles. The van der Waals surface area contributed by atoms with Gasteiger partial charge in [0.2, 0.25) is 0 Å². The summed E-state index contributed by atoms with van der Waals surface area (Å²) in [6, 6.07) is 22.7. The van der Waals surface area contributed by atoms with Crippen molar-refractivity contribution < 1.29 is 9.47 Å². The molecule has 0 aliphatic heterocycles. The Hall–Kier alpha value is -3.01. The average Bonchev–Trinajstić information content (AvgIpc) is 2.85. The van der Waals surface area contributed by atoms with Crippen LogP contribution in [0.1, 0.15) is 48.4 Å². The van der Waals surface area contributed by atoms with Gasteiger partial charge < -0.3 is 9.47 Å². The quantitative estimate of drug-likeness (QED) is 0.274. The van der Waals surface area contributed by atoms with Gasteiger partial charge in [-0.25, -0.2) is 0 Å². The molecule has 1 atom stereocenters. The maximum Gasteiger partial charge on any atom is 0.0997 e. The highest BCUT2D eigenvalue weighted by molar-refractivity contribution is 5.69. The van der Waals surface area contributed by atoms with E-state index in [1.54, 1.807) is 6.20 Å². The molecule has 0 aliphatic carbocycles. The van der Waals surface area contributed by atoms with Crippen LogP contribution in [-0.4, -0.2) is 24.3 Å². The molecule has 0 saturated carbocycles. The molecule has 3 rings (SSSR count). The smallest absolute Gasteiger partial charge is 0.0997 e. The van der Waals surface area contributed by atoms with E-state index in [1.807, 2.05) is 36.5 Å². The molecule has 0 bridgehead atoms. The molecule has 166 valence electrons. The minimum atomic E-state index is -0.0815. The van der Waals surface area contributed by atoms with Gasteiger partial charge in [0.05, 0.1) is 19.3 Å². The molecule has 2 aromatic carbocycles. The zero-order valence-corrected chi connectivity index (χ0v) is 18.9. The lowest BCUT2D eigenvalue weighted by atomic mass is 10.1. The molecule has 1 unspecified atom stereocenters. The Kier molecular flexibility index (Phi) is 10.4. The Labute approximate surface area is 192 Å². The van der Waals surface area contributed by atoms with Crippen molar-refractivity contribution in [2.24, 2.45) is 0 Å². The summed E-state index contributed by atoms with van der Waals surface area (Å²) in [5, 5.41) is 0. The van der Waals surface area contributed by atoms with Gasteiger partial charge in [-0.15, -0.1) is 0 Å². The summed E-state index contributed by atoms with van der Waals surface area (Å²) in [7, 11) is 0. The number of hydrogen-bond donors (Lipinski definition) is 0. The van der Waals surface area contributed by atoms with E-state index in [2.05, 4.69) is 72.6 Å². The molecule has 0 saturated heterocycles. The summed E-state index contributed by atoms with van der Waals surface area (Å²) < 4.78 is 12.0. The number of rotatable bonds is 13. The van der Waals surface area contributed by atoms with Gasteiger partial charge in [0.25, 0.3) is 0 Å². The van der Waals surface area contributed by atoms with Gasteiger partial charge >= 0.3 is 0 Å². The Morgan fingerprint density at radius 3 is 2.28 bits per heavy atom. The highest BCUT2D eigenvalue weighted by Gasteiger charge is 2.06. The van der Waals surface area contributed by atoms with Gasteiger partial charge in [0.15, 0.2) is 0 Å². The molecule has 3 heteroatoms. The number of aromatic nitrogens is 1. The van der Waals surface area contributed by atoms with Crippen molar-refractivity contribution in [3.63, 3.8) is 0 Å². The van der Waals surface area contributed by atoms with E-state index in [0.29, 0.717) is 13.2 Å². The predicted molar refractivity (Wildman–Crippen MR) is 134 cm³/mol. The third-order valence-corrected chi connectivity index (χ3v) is 5.07. The molecule has 32 heavy (non-hydrogen) atoms. The van der Waals surface area contributed by atoms with E-state index in [-0.39, 0.29) is 6.10 Å². The first-order valence-corrected chi connectivity index (χ1v) is 11.4. The van der Waals surface area contributed by atoms with Crippen LogP contribution in [0.4, 0.5) is 0 Å². The monoisotopic (exact) mass is 427 g/mol. The Morgan fingerprint density at radius 1 is 0.812 bits per heavy atom. The highest BCUT2D eigenvalue weighted by atomic mass is 16.5. The first kappa shape index (κ1) is 23.6. The normalized spacial score (nSPS) is 12.5. The first-order chi connectivity index (χ1) is 15.8. The SMILES string of the molecule is CCCCCOCC(/C=C/c1ccc(/C=C/c2cccnc2)cc1)OCc1ccccc1. The van der Waals surface area contributed by atoms with Crippen LogP contribution >= 0.6 is 0 Å². The van der Waals surface area contributed by atoms with Crippen LogP contribution in [0, 0.1) is 0 Å². The number of benzene rings is 2. The number of ether oxygens (including phenoxy) is 2. The fraction of sp³-hybridized carbons (Fsp3) is 0.276. The zero-order valence-electron chi connectivity index (χ0n) is 18.9. The van der Waals surface area contributed by atoms with Crippen molar-refractivity contribution >= 4 is 18.2 Å². The lowest BCUT2D eigenvalue weighted by Crippen LogP contribution is -2.18. The van der Waals surface area contributed by atoms with Crippen LogP contribution in [0.5, 0.6) is 0 Å². The summed E-state index contributed by atoms with van der Waals surface area (Å²) in [5.74, 6) is 0. The zero-order chi connectivity index (χ0) is 22.3. The molecule has 0 N–H and O–H groups in total. The second-order valence-corrected chi connectivity index (χ2v) is 7.76. The molecule has 3 aromatic rings. The van der Waals surface area contributed by atoms with Crippen molar-refractivity contribution in [1.29, 1.82) is 0 Å². The molecule has 0 radical (unpaired) electrons. The highest BCUT2D eigenvalue weighted by Crippen LogP contribution is 2.12. The Balaban J connectivity index is 1.56. The molecule has 1 aromatic heterocycles. The Bertz CT molecular complexity index is 934. The van der Waals surface area contributed by atoms with Gasteiger partial charge in [-0.3, -0.25) is 4.98 Å². The molecule has 3 nitrogen and oxygen atoms in total. The average molecular weight is 428 g/mol. The van der Waals surface area contributed by atoms with Crippen LogP contribution in [0.2, 0.25) is 0 Å². The van der Waals surface area contributed by atoms with Crippen LogP contribution in [0.25, 0.3) is 18.2 Å². The largest absolute Gasteiger partial charge is 0.378 e. The standard InChI is InChI=1S/C29H33NO2/c1-2-3-7-21-31-24-29(32-23-28-9-5-4-6-10-28)19-18-26-14-12-25(13-15-26)16-17-27-11-8-20-30-22-27/h4-6,8-20,22,29H,2-3,7,21,23-24H2,1H3/b17-16+,19-18+. The maximum atomic E-state index is 6.14. The Morgan fingerprint density at radius 2 is 1.56 bits per heavy atom. The summed E-state index contributed by atoms with van der Waals surface area (Å²) in [4.78, 5) is 4.14. The van der Waals surface area contributed by atoms with E-state index in [1.165, 1.54) is 18.4 Å². The van der Waals surface area contributed by atoms with Gasteiger partial charge in [-0.05, 0) is 34.7 Å². The van der Waals surface area contributed by atoms with E-state index in [9.17, 15) is 0 Å². The molecule has 0 spiro atoms. The van der Waals surface area contributed by atoms with Crippen molar-refractivity contribution in [3.05, 3.63) is 107 Å². The van der Waals surface area contributed by atoms with Crippen LogP contribution in [0.15, 0.2) is 85.2 Å². The van der Waals surface area contributed by atoms with E-state index in [0.717, 1.165) is 29.7 Å². The molecule has 0 fully saturated rings. The minimum absolute atomic E-state index is 0.0815. The van der Waals surface area contributed by atoms with Crippen LogP contribution < -0.4 is 0 Å². The van der Waals surface area contributed by atoms with Gasteiger partial charge in [0, 0.05) is 19.0 Å². The third kappa shape index (κ3) is 9.01. The number of nitrogens with zero attached hydrogens (tertiary/aromatic N) is 1. The second-order valence-electron chi connectivity index (χ2n) is 7.76. The van der Waals surface area contributed by atoms with E-state index in [4.69, 9.17) is 9.47 Å². The van der Waals surface area contributed by atoms with Crippen molar-refractivity contribution in [2.75, 3.05) is 13.2 Å². The topological polar surface area (TPSA) is 31.4 Å². The molecule has 0 aliphatic rings. The summed E-state index contributed by atoms with van der Waals surface area (Å²) >= 11 is 0. The van der Waals surface area contributed by atoms with Gasteiger partial charge in [-0.1, -0.05) is 105 Å². The number of unbranched alkanes of at least 4 members (excludes halogenated alkanes) is 2. The van der Waals surface area contributed by atoms with Crippen LogP contribution in [0.3, 0.4) is 0 Å². The number of pyridine rings is 1. The lowest BCUT2D eigenvalue weighted by Gasteiger charge is -2.15. The summed E-state index contributed by atoms with van der Waals surface area (Å²) in [6.45, 7) is 4.13. The fourth-order valence-electron chi connectivity index (χ4n) is 3.19.